The van der Waals surface area contributed by atoms with Crippen molar-refractivity contribution in [1.29, 1.82) is 0 Å². The summed E-state index contributed by atoms with van der Waals surface area (Å²) >= 11 is 0. The van der Waals surface area contributed by atoms with Crippen molar-refractivity contribution in [3.8, 4) is 11.5 Å². The molecule has 33 heavy (non-hydrogen) atoms. The van der Waals surface area contributed by atoms with Gasteiger partial charge in [-0.3, -0.25) is 0 Å². The van der Waals surface area contributed by atoms with Gasteiger partial charge in [-0.15, -0.1) is 0 Å². The minimum absolute atomic E-state index is 0.217. The highest BCUT2D eigenvalue weighted by Gasteiger charge is 2.05. The minimum atomic E-state index is 0.217. The van der Waals surface area contributed by atoms with Gasteiger partial charge in [-0.25, -0.2) is 0 Å². The molecule has 5 nitrogen and oxygen atoms in total. The lowest BCUT2D eigenvalue weighted by molar-refractivity contribution is 0.0273. The molecule has 0 fully saturated rings. The Morgan fingerprint density at radius 3 is 1.67 bits per heavy atom. The van der Waals surface area contributed by atoms with Crippen LogP contribution in [0.5, 0.6) is 11.5 Å². The first kappa shape index (κ1) is 24.8. The van der Waals surface area contributed by atoms with E-state index in [0.29, 0.717) is 45.6 Å². The number of hydrogen-bond acceptors (Lipinski definition) is 5. The molecule has 0 amide bonds. The van der Waals surface area contributed by atoms with Crippen molar-refractivity contribution in [3.05, 3.63) is 96.1 Å². The van der Waals surface area contributed by atoms with Crippen LogP contribution < -0.4 is 9.47 Å². The predicted octanol–water partition coefficient (Wildman–Crippen LogP) is 4.87. The Morgan fingerprint density at radius 2 is 1.12 bits per heavy atom. The molecular formula is C28H34O5. The number of hydrogen-bond donors (Lipinski definition) is 1. The second-order valence-electron chi connectivity index (χ2n) is 7.64. The molecule has 0 aliphatic heterocycles. The van der Waals surface area contributed by atoms with Crippen LogP contribution in [0, 0.1) is 0 Å². The Bertz CT molecular complexity index is 852. The van der Waals surface area contributed by atoms with Crippen molar-refractivity contribution in [2.45, 2.75) is 18.8 Å². The van der Waals surface area contributed by atoms with Crippen molar-refractivity contribution in [1.82, 2.24) is 0 Å². The van der Waals surface area contributed by atoms with Gasteiger partial charge >= 0.3 is 0 Å². The maximum absolute atomic E-state index is 8.87. The third-order valence-corrected chi connectivity index (χ3v) is 5.15. The van der Waals surface area contributed by atoms with Crippen molar-refractivity contribution in [2.75, 3.05) is 46.2 Å². The van der Waals surface area contributed by atoms with Gasteiger partial charge in [0, 0.05) is 12.5 Å². The van der Waals surface area contributed by atoms with Gasteiger partial charge in [0.15, 0.2) is 0 Å². The molecule has 0 radical (unpaired) electrons. The molecule has 2 aromatic carbocycles. The number of aryl methyl sites for hydroxylation is 1. The lowest BCUT2D eigenvalue weighted by atomic mass is 9.98. The Kier molecular flexibility index (Phi) is 11.3. The molecule has 1 aliphatic rings. The number of benzene rings is 2. The van der Waals surface area contributed by atoms with E-state index in [4.69, 9.17) is 24.1 Å². The molecule has 1 N–H and O–H groups in total. The summed E-state index contributed by atoms with van der Waals surface area (Å²) in [5.41, 5.74) is 2.44. The van der Waals surface area contributed by atoms with E-state index in [1.54, 1.807) is 0 Å². The van der Waals surface area contributed by atoms with E-state index >= 15 is 0 Å². The fraction of sp³-hybridized carbons (Fsp3) is 0.357. The summed E-state index contributed by atoms with van der Waals surface area (Å²) in [5.74, 6) is 1.97. The summed E-state index contributed by atoms with van der Waals surface area (Å²) in [6, 6.07) is 16.2. The van der Waals surface area contributed by atoms with Crippen molar-refractivity contribution >= 4 is 0 Å². The summed E-state index contributed by atoms with van der Waals surface area (Å²) in [6.07, 6.45) is 14.2. The van der Waals surface area contributed by atoms with Gasteiger partial charge in [0.25, 0.3) is 0 Å². The Morgan fingerprint density at radius 1 is 0.606 bits per heavy atom. The number of ether oxygens (including phenoxy) is 4. The van der Waals surface area contributed by atoms with Crippen LogP contribution in [-0.4, -0.2) is 51.4 Å². The number of aliphatic hydroxyl groups is 1. The smallest absolute Gasteiger partial charge is 0.119 e. The summed E-state index contributed by atoms with van der Waals surface area (Å²) in [6.45, 7) is 3.30. The van der Waals surface area contributed by atoms with Crippen LogP contribution in [0.25, 0.3) is 0 Å². The molecule has 0 bridgehead atoms. The fourth-order valence-electron chi connectivity index (χ4n) is 3.36. The molecule has 2 aromatic rings. The molecule has 0 saturated heterocycles. The van der Waals surface area contributed by atoms with Gasteiger partial charge in [-0.2, -0.15) is 0 Å². The van der Waals surface area contributed by atoms with Gasteiger partial charge in [0.05, 0.1) is 26.4 Å². The monoisotopic (exact) mass is 450 g/mol. The first-order valence-electron chi connectivity index (χ1n) is 11.6. The van der Waals surface area contributed by atoms with Crippen molar-refractivity contribution in [3.63, 3.8) is 0 Å². The third-order valence-electron chi connectivity index (χ3n) is 5.15. The molecule has 176 valence electrons. The average Bonchev–Trinajstić information content (AvgIpc) is 3.15. The zero-order chi connectivity index (χ0) is 23.0. The lowest BCUT2D eigenvalue weighted by Crippen LogP contribution is -2.13. The summed E-state index contributed by atoms with van der Waals surface area (Å²) in [5, 5.41) is 8.87. The van der Waals surface area contributed by atoms with E-state index in [2.05, 4.69) is 36.4 Å². The molecule has 5 heteroatoms. The lowest BCUT2D eigenvalue weighted by Gasteiger charge is -2.11. The molecule has 0 atom stereocenters. The second-order valence-corrected chi connectivity index (χ2v) is 7.64. The van der Waals surface area contributed by atoms with Crippen LogP contribution in [0.1, 0.15) is 23.5 Å². The van der Waals surface area contributed by atoms with Crippen LogP contribution in [0.15, 0.2) is 85.0 Å². The quantitative estimate of drug-likeness (QED) is 0.393. The molecule has 0 spiro atoms. The van der Waals surface area contributed by atoms with Gasteiger partial charge in [-0.05, 0) is 48.2 Å². The van der Waals surface area contributed by atoms with Crippen LogP contribution in [-0.2, 0) is 15.9 Å². The SMILES string of the molecule is OCCCc1ccc(OCCOCCOCCOc2ccc(C3C=CC=CC=C3)cc2)cc1. The minimum Gasteiger partial charge on any atom is -0.491 e. The molecule has 3 rings (SSSR count). The second kappa shape index (κ2) is 15.1. The predicted molar refractivity (Wildman–Crippen MR) is 131 cm³/mol. The standard InChI is InChI=1S/C28H34O5/c29-17-5-6-24-9-13-27(14-10-24)32-22-20-30-18-19-31-21-23-33-28-15-11-26(12-16-28)25-7-3-1-2-4-8-25/h1-4,7-16,25,29H,5-6,17-23H2. The van der Waals surface area contributed by atoms with Crippen LogP contribution in [0.3, 0.4) is 0 Å². The average molecular weight is 451 g/mol. The molecule has 1 aliphatic carbocycles. The maximum atomic E-state index is 8.87. The van der Waals surface area contributed by atoms with E-state index in [0.717, 1.165) is 24.3 Å². The number of aliphatic hydroxyl groups excluding tert-OH is 1. The Labute approximate surface area is 197 Å². The maximum Gasteiger partial charge on any atom is 0.119 e. The van der Waals surface area contributed by atoms with Crippen LogP contribution >= 0.6 is 0 Å². The highest BCUT2D eigenvalue weighted by atomic mass is 16.6. The molecular weight excluding hydrogens is 416 g/mol. The first-order valence-corrected chi connectivity index (χ1v) is 11.6. The molecule has 0 saturated carbocycles. The molecule has 0 aromatic heterocycles. The molecule has 0 unspecified atom stereocenters. The van der Waals surface area contributed by atoms with E-state index in [1.165, 1.54) is 11.1 Å². The topological polar surface area (TPSA) is 57.2 Å². The normalized spacial score (nSPS) is 13.2. The van der Waals surface area contributed by atoms with Gasteiger partial charge < -0.3 is 24.1 Å². The van der Waals surface area contributed by atoms with Gasteiger partial charge in [0.1, 0.15) is 24.7 Å². The summed E-state index contributed by atoms with van der Waals surface area (Å²) in [4.78, 5) is 0. The zero-order valence-corrected chi connectivity index (χ0v) is 19.1. The van der Waals surface area contributed by atoms with Gasteiger partial charge in [0.2, 0.25) is 0 Å². The van der Waals surface area contributed by atoms with Crippen LogP contribution in [0.2, 0.25) is 0 Å². The van der Waals surface area contributed by atoms with Crippen LogP contribution in [0.4, 0.5) is 0 Å². The van der Waals surface area contributed by atoms with Crippen molar-refractivity contribution in [2.24, 2.45) is 0 Å². The molecule has 0 heterocycles. The highest BCUT2D eigenvalue weighted by molar-refractivity contribution is 5.36. The van der Waals surface area contributed by atoms with E-state index in [-0.39, 0.29) is 6.61 Å². The largest absolute Gasteiger partial charge is 0.491 e. The van der Waals surface area contributed by atoms with E-state index in [1.807, 2.05) is 48.6 Å². The van der Waals surface area contributed by atoms with Crippen molar-refractivity contribution < 1.29 is 24.1 Å². The van der Waals surface area contributed by atoms with E-state index < -0.39 is 0 Å². The summed E-state index contributed by atoms with van der Waals surface area (Å²) < 4.78 is 22.5. The number of rotatable bonds is 15. The highest BCUT2D eigenvalue weighted by Crippen LogP contribution is 2.23. The number of allylic oxidation sites excluding steroid dienone is 6. The first-order chi connectivity index (χ1) is 16.3. The summed E-state index contributed by atoms with van der Waals surface area (Å²) in [7, 11) is 0. The zero-order valence-electron chi connectivity index (χ0n) is 19.1. The van der Waals surface area contributed by atoms with Gasteiger partial charge in [-0.1, -0.05) is 60.7 Å². The third kappa shape index (κ3) is 9.66. The Hall–Kier alpha value is -2.86. The fourth-order valence-corrected chi connectivity index (χ4v) is 3.36. The van der Waals surface area contributed by atoms with E-state index in [9.17, 15) is 0 Å². The Balaban J connectivity index is 1.18.